The van der Waals surface area contributed by atoms with Crippen molar-refractivity contribution in [1.29, 1.82) is 0 Å². The zero-order chi connectivity index (χ0) is 14.5. The lowest BCUT2D eigenvalue weighted by Crippen LogP contribution is -2.29. The van der Waals surface area contributed by atoms with Crippen molar-refractivity contribution in [3.05, 3.63) is 29.3 Å². The van der Waals surface area contributed by atoms with Gasteiger partial charge in [0.15, 0.2) is 0 Å². The Morgan fingerprint density at radius 2 is 1.95 bits per heavy atom. The molecule has 20 heavy (non-hydrogen) atoms. The fraction of sp³-hybridized carbons (Fsp3) is 0.647. The van der Waals surface area contributed by atoms with E-state index in [1.807, 2.05) is 0 Å². The second-order valence-electron chi connectivity index (χ2n) is 6.21. The summed E-state index contributed by atoms with van der Waals surface area (Å²) in [6.07, 6.45) is 2.32. The summed E-state index contributed by atoms with van der Waals surface area (Å²) in [5.74, 6) is 1.68. The fourth-order valence-electron chi connectivity index (χ4n) is 3.17. The molecule has 1 aliphatic heterocycles. The molecule has 2 N–H and O–H groups in total. The third-order valence-electron chi connectivity index (χ3n) is 4.18. The van der Waals surface area contributed by atoms with Crippen LogP contribution in [0.4, 0.5) is 0 Å². The summed E-state index contributed by atoms with van der Waals surface area (Å²) in [7, 11) is 0. The Kier molecular flexibility index (Phi) is 5.44. The number of ether oxygens (including phenoxy) is 1. The Hall–Kier alpha value is -1.06. The lowest BCUT2D eigenvalue weighted by atomic mass is 10.1. The van der Waals surface area contributed by atoms with E-state index in [0.717, 1.165) is 38.4 Å². The second kappa shape index (κ2) is 7.09. The molecule has 0 radical (unpaired) electrons. The van der Waals surface area contributed by atoms with Crippen LogP contribution in [0.2, 0.25) is 0 Å². The third-order valence-corrected chi connectivity index (χ3v) is 4.18. The van der Waals surface area contributed by atoms with Crippen LogP contribution in [0, 0.1) is 19.8 Å². The number of aryl methyl sites for hydroxylation is 2. The minimum atomic E-state index is 0.671. The van der Waals surface area contributed by atoms with E-state index >= 15 is 0 Å². The van der Waals surface area contributed by atoms with Gasteiger partial charge in [-0.3, -0.25) is 0 Å². The molecule has 0 amide bonds. The van der Waals surface area contributed by atoms with Crippen molar-refractivity contribution in [3.63, 3.8) is 0 Å². The highest BCUT2D eigenvalue weighted by molar-refractivity contribution is 5.32. The smallest absolute Gasteiger partial charge is 0.119 e. The van der Waals surface area contributed by atoms with E-state index in [-0.39, 0.29) is 0 Å². The molecular weight excluding hydrogens is 248 g/mol. The molecule has 1 aliphatic rings. The molecule has 2 atom stereocenters. The topological polar surface area (TPSA) is 38.5 Å². The van der Waals surface area contributed by atoms with Gasteiger partial charge in [-0.05, 0) is 69.3 Å². The molecule has 1 saturated heterocycles. The number of hydrogen-bond acceptors (Lipinski definition) is 3. The molecule has 1 heterocycles. The van der Waals surface area contributed by atoms with Gasteiger partial charge in [0.2, 0.25) is 0 Å². The highest BCUT2D eigenvalue weighted by Crippen LogP contribution is 2.22. The van der Waals surface area contributed by atoms with Gasteiger partial charge in [0.05, 0.1) is 6.61 Å². The first-order valence-corrected chi connectivity index (χ1v) is 7.73. The summed E-state index contributed by atoms with van der Waals surface area (Å²) in [4.78, 5) is 2.54. The van der Waals surface area contributed by atoms with Crippen molar-refractivity contribution in [3.8, 4) is 5.75 Å². The zero-order valence-electron chi connectivity index (χ0n) is 13.1. The highest BCUT2D eigenvalue weighted by Gasteiger charge is 2.27. The van der Waals surface area contributed by atoms with Crippen LogP contribution in [-0.4, -0.2) is 37.2 Å². The normalized spacial score (nSPS) is 23.2. The molecule has 3 nitrogen and oxygen atoms in total. The van der Waals surface area contributed by atoms with Crippen molar-refractivity contribution in [2.24, 2.45) is 11.7 Å². The molecule has 2 rings (SSSR count). The maximum absolute atomic E-state index is 5.86. The van der Waals surface area contributed by atoms with Crippen LogP contribution < -0.4 is 10.5 Å². The summed E-state index contributed by atoms with van der Waals surface area (Å²) in [5, 5.41) is 0. The molecule has 2 unspecified atom stereocenters. The van der Waals surface area contributed by atoms with E-state index in [2.05, 4.69) is 43.9 Å². The number of benzene rings is 1. The van der Waals surface area contributed by atoms with Gasteiger partial charge in [0.25, 0.3) is 0 Å². The van der Waals surface area contributed by atoms with E-state index in [0.29, 0.717) is 12.0 Å². The molecule has 112 valence electrons. The molecular formula is C17H28N2O. The first-order chi connectivity index (χ1) is 9.58. The molecule has 0 aromatic heterocycles. The molecule has 1 aromatic rings. The predicted octanol–water partition coefficient (Wildman–Crippen LogP) is 2.74. The summed E-state index contributed by atoms with van der Waals surface area (Å²) in [6, 6.07) is 7.06. The average molecular weight is 276 g/mol. The predicted molar refractivity (Wildman–Crippen MR) is 84.2 cm³/mol. The zero-order valence-corrected chi connectivity index (χ0v) is 13.1. The first kappa shape index (κ1) is 15.3. The van der Waals surface area contributed by atoms with Crippen LogP contribution >= 0.6 is 0 Å². The van der Waals surface area contributed by atoms with E-state index < -0.39 is 0 Å². The summed E-state index contributed by atoms with van der Waals surface area (Å²) in [6.45, 7) is 10.4. The van der Waals surface area contributed by atoms with Crippen molar-refractivity contribution in [1.82, 2.24) is 4.90 Å². The molecule has 0 bridgehead atoms. The molecule has 0 saturated carbocycles. The van der Waals surface area contributed by atoms with Crippen LogP contribution in [0.1, 0.15) is 30.9 Å². The number of rotatable bonds is 6. The molecule has 1 fully saturated rings. The van der Waals surface area contributed by atoms with Gasteiger partial charge < -0.3 is 15.4 Å². The average Bonchev–Trinajstić information content (AvgIpc) is 2.74. The van der Waals surface area contributed by atoms with Crippen molar-refractivity contribution in [2.45, 2.75) is 39.7 Å². The monoisotopic (exact) mass is 276 g/mol. The first-order valence-electron chi connectivity index (χ1n) is 7.73. The number of nitrogens with two attached hydrogens (primary N) is 1. The third kappa shape index (κ3) is 4.22. The SMILES string of the molecule is Cc1cc(C)cc(OCCCN2CC(CN)CC2C)c1. The van der Waals surface area contributed by atoms with Gasteiger partial charge in [-0.1, -0.05) is 6.07 Å². The molecule has 1 aromatic carbocycles. The lowest BCUT2D eigenvalue weighted by molar-refractivity contribution is 0.227. The Morgan fingerprint density at radius 1 is 1.25 bits per heavy atom. The maximum atomic E-state index is 5.86. The highest BCUT2D eigenvalue weighted by atomic mass is 16.5. The molecule has 3 heteroatoms. The van der Waals surface area contributed by atoms with Crippen LogP contribution in [0.5, 0.6) is 5.75 Å². The van der Waals surface area contributed by atoms with Crippen molar-refractivity contribution in [2.75, 3.05) is 26.2 Å². The minimum Gasteiger partial charge on any atom is -0.494 e. The van der Waals surface area contributed by atoms with Crippen LogP contribution in [-0.2, 0) is 0 Å². The van der Waals surface area contributed by atoms with Crippen LogP contribution in [0.25, 0.3) is 0 Å². The minimum absolute atomic E-state index is 0.671. The van der Waals surface area contributed by atoms with E-state index in [4.69, 9.17) is 10.5 Å². The second-order valence-corrected chi connectivity index (χ2v) is 6.21. The van der Waals surface area contributed by atoms with E-state index in [1.165, 1.54) is 17.5 Å². The maximum Gasteiger partial charge on any atom is 0.119 e. The Bertz CT molecular complexity index is 413. The van der Waals surface area contributed by atoms with Gasteiger partial charge in [-0.15, -0.1) is 0 Å². The van der Waals surface area contributed by atoms with Gasteiger partial charge in [0, 0.05) is 19.1 Å². The largest absolute Gasteiger partial charge is 0.494 e. The number of hydrogen-bond donors (Lipinski definition) is 1. The lowest BCUT2D eigenvalue weighted by Gasteiger charge is -2.20. The summed E-state index contributed by atoms with van der Waals surface area (Å²) < 4.78 is 5.86. The molecule has 0 spiro atoms. The number of likely N-dealkylation sites (tertiary alicyclic amines) is 1. The van der Waals surface area contributed by atoms with Crippen molar-refractivity contribution < 1.29 is 4.74 Å². The Balaban J connectivity index is 1.71. The van der Waals surface area contributed by atoms with E-state index in [1.54, 1.807) is 0 Å². The fourth-order valence-corrected chi connectivity index (χ4v) is 3.17. The standard InChI is InChI=1S/C17H28N2O/c1-13-7-14(2)9-17(8-13)20-6-4-5-19-12-16(11-18)10-15(19)3/h7-9,15-16H,4-6,10-12,18H2,1-3H3. The molecule has 0 aliphatic carbocycles. The van der Waals surface area contributed by atoms with Crippen LogP contribution in [0.3, 0.4) is 0 Å². The summed E-state index contributed by atoms with van der Waals surface area (Å²) in [5.41, 5.74) is 8.29. The van der Waals surface area contributed by atoms with Crippen LogP contribution in [0.15, 0.2) is 18.2 Å². The summed E-state index contributed by atoms with van der Waals surface area (Å²) >= 11 is 0. The van der Waals surface area contributed by atoms with Crippen molar-refractivity contribution >= 4 is 0 Å². The van der Waals surface area contributed by atoms with Gasteiger partial charge in [0.1, 0.15) is 5.75 Å². The van der Waals surface area contributed by atoms with Gasteiger partial charge >= 0.3 is 0 Å². The van der Waals surface area contributed by atoms with Gasteiger partial charge in [-0.2, -0.15) is 0 Å². The van der Waals surface area contributed by atoms with E-state index in [9.17, 15) is 0 Å². The quantitative estimate of drug-likeness (QED) is 0.812. The van der Waals surface area contributed by atoms with Gasteiger partial charge in [-0.25, -0.2) is 0 Å². The number of nitrogens with zero attached hydrogens (tertiary/aromatic N) is 1. The Morgan fingerprint density at radius 3 is 2.55 bits per heavy atom. The Labute approximate surface area is 123 Å².